The number of anilines is 1. The second-order valence-corrected chi connectivity index (χ2v) is 8.24. The lowest BCUT2D eigenvalue weighted by molar-refractivity contribution is -0.120. The van der Waals surface area contributed by atoms with E-state index in [1.54, 1.807) is 0 Å². The van der Waals surface area contributed by atoms with Crippen LogP contribution in [0.5, 0.6) is 0 Å². The SMILES string of the molecule is Cc1cc(SC2CCCCC2)ccc1NC(=O)C1CCNCC1. The van der Waals surface area contributed by atoms with Crippen LogP contribution in [0.2, 0.25) is 0 Å². The Labute approximate surface area is 144 Å². The molecule has 1 aromatic rings. The molecule has 1 aromatic carbocycles. The highest BCUT2D eigenvalue weighted by molar-refractivity contribution is 8.00. The minimum atomic E-state index is 0.159. The summed E-state index contributed by atoms with van der Waals surface area (Å²) < 4.78 is 0. The number of carbonyl (C=O) groups is 1. The fourth-order valence-corrected chi connectivity index (χ4v) is 4.89. The molecule has 1 saturated carbocycles. The standard InChI is InChI=1S/C19H28N2OS/c1-14-13-17(23-16-5-3-2-4-6-16)7-8-18(14)21-19(22)15-9-11-20-12-10-15/h7-8,13,15-16,20H,2-6,9-12H2,1H3,(H,21,22). The zero-order valence-electron chi connectivity index (χ0n) is 14.1. The average Bonchev–Trinajstić information content (AvgIpc) is 2.59. The van der Waals surface area contributed by atoms with Gasteiger partial charge in [-0.15, -0.1) is 11.8 Å². The molecule has 2 aliphatic rings. The second-order valence-electron chi connectivity index (χ2n) is 6.87. The summed E-state index contributed by atoms with van der Waals surface area (Å²) in [6.45, 7) is 4.00. The third-order valence-corrected chi connectivity index (χ3v) is 6.35. The van der Waals surface area contributed by atoms with Crippen molar-refractivity contribution in [1.82, 2.24) is 5.32 Å². The van der Waals surface area contributed by atoms with Crippen molar-refractivity contribution >= 4 is 23.4 Å². The number of carbonyl (C=O) groups excluding carboxylic acids is 1. The zero-order chi connectivity index (χ0) is 16.1. The molecule has 1 aliphatic heterocycles. The van der Waals surface area contributed by atoms with Crippen molar-refractivity contribution in [2.24, 2.45) is 5.92 Å². The average molecular weight is 333 g/mol. The van der Waals surface area contributed by atoms with Gasteiger partial charge in [-0.05, 0) is 69.5 Å². The molecule has 1 saturated heterocycles. The highest BCUT2D eigenvalue weighted by atomic mass is 32.2. The van der Waals surface area contributed by atoms with Crippen LogP contribution in [0.25, 0.3) is 0 Å². The van der Waals surface area contributed by atoms with Crippen LogP contribution in [0.3, 0.4) is 0 Å². The molecule has 2 fully saturated rings. The molecule has 0 bridgehead atoms. The maximum absolute atomic E-state index is 12.4. The van der Waals surface area contributed by atoms with Crippen molar-refractivity contribution in [2.75, 3.05) is 18.4 Å². The zero-order valence-corrected chi connectivity index (χ0v) is 14.9. The largest absolute Gasteiger partial charge is 0.326 e. The van der Waals surface area contributed by atoms with Gasteiger partial charge in [-0.1, -0.05) is 19.3 Å². The number of hydrogen-bond donors (Lipinski definition) is 2. The molecule has 126 valence electrons. The third kappa shape index (κ3) is 4.74. The molecule has 0 unspecified atom stereocenters. The summed E-state index contributed by atoms with van der Waals surface area (Å²) >= 11 is 2.01. The molecule has 2 N–H and O–H groups in total. The number of hydrogen-bond acceptors (Lipinski definition) is 3. The van der Waals surface area contributed by atoms with Crippen LogP contribution in [0.4, 0.5) is 5.69 Å². The highest BCUT2D eigenvalue weighted by Crippen LogP contribution is 2.35. The van der Waals surface area contributed by atoms with Crippen molar-refractivity contribution in [3.8, 4) is 0 Å². The van der Waals surface area contributed by atoms with Gasteiger partial charge in [0.15, 0.2) is 0 Å². The molecule has 0 spiro atoms. The summed E-state index contributed by atoms with van der Waals surface area (Å²) in [5.74, 6) is 0.342. The minimum Gasteiger partial charge on any atom is -0.326 e. The number of piperidine rings is 1. The van der Waals surface area contributed by atoms with Gasteiger partial charge in [0.2, 0.25) is 5.91 Å². The number of thioether (sulfide) groups is 1. The van der Waals surface area contributed by atoms with Crippen LogP contribution in [-0.4, -0.2) is 24.2 Å². The van der Waals surface area contributed by atoms with E-state index in [9.17, 15) is 4.79 Å². The summed E-state index contributed by atoms with van der Waals surface area (Å²) in [7, 11) is 0. The van der Waals surface area contributed by atoms with Gasteiger partial charge in [-0.3, -0.25) is 4.79 Å². The van der Waals surface area contributed by atoms with E-state index in [0.717, 1.165) is 36.9 Å². The molecular weight excluding hydrogens is 304 g/mol. The molecular formula is C19H28N2OS. The molecule has 1 amide bonds. The number of benzene rings is 1. The summed E-state index contributed by atoms with van der Waals surface area (Å²) in [6, 6.07) is 6.49. The van der Waals surface area contributed by atoms with E-state index in [2.05, 4.69) is 35.8 Å². The second kappa shape index (κ2) is 8.20. The number of amides is 1. The lowest BCUT2D eigenvalue weighted by Crippen LogP contribution is -2.34. The van der Waals surface area contributed by atoms with E-state index < -0.39 is 0 Å². The quantitative estimate of drug-likeness (QED) is 0.861. The number of rotatable bonds is 4. The Morgan fingerprint density at radius 1 is 1.13 bits per heavy atom. The summed E-state index contributed by atoms with van der Waals surface area (Å²) in [4.78, 5) is 13.7. The van der Waals surface area contributed by atoms with Gasteiger partial charge < -0.3 is 10.6 Å². The van der Waals surface area contributed by atoms with Crippen LogP contribution < -0.4 is 10.6 Å². The predicted molar refractivity (Wildman–Crippen MR) is 98.1 cm³/mol. The van der Waals surface area contributed by atoms with Gasteiger partial charge in [-0.2, -0.15) is 0 Å². The Bertz CT molecular complexity index is 534. The van der Waals surface area contributed by atoms with Crippen LogP contribution in [0, 0.1) is 12.8 Å². The van der Waals surface area contributed by atoms with Crippen molar-refractivity contribution in [2.45, 2.75) is 62.0 Å². The fraction of sp³-hybridized carbons (Fsp3) is 0.632. The Balaban J connectivity index is 1.58. The summed E-state index contributed by atoms with van der Waals surface area (Å²) in [5, 5.41) is 7.22. The van der Waals surface area contributed by atoms with E-state index in [0.29, 0.717) is 0 Å². The topological polar surface area (TPSA) is 41.1 Å². The van der Waals surface area contributed by atoms with Crippen molar-refractivity contribution < 1.29 is 4.79 Å². The van der Waals surface area contributed by atoms with E-state index in [-0.39, 0.29) is 11.8 Å². The van der Waals surface area contributed by atoms with Gasteiger partial charge in [0.1, 0.15) is 0 Å². The van der Waals surface area contributed by atoms with E-state index in [1.807, 2.05) is 11.8 Å². The van der Waals surface area contributed by atoms with Crippen molar-refractivity contribution in [1.29, 1.82) is 0 Å². The first-order valence-corrected chi connectivity index (χ1v) is 9.89. The van der Waals surface area contributed by atoms with Gasteiger partial charge in [0.25, 0.3) is 0 Å². The first-order valence-electron chi connectivity index (χ1n) is 9.01. The van der Waals surface area contributed by atoms with Crippen LogP contribution in [-0.2, 0) is 4.79 Å². The molecule has 1 heterocycles. The minimum absolute atomic E-state index is 0.159. The van der Waals surface area contributed by atoms with Gasteiger partial charge >= 0.3 is 0 Å². The van der Waals surface area contributed by atoms with E-state index in [1.165, 1.54) is 42.6 Å². The smallest absolute Gasteiger partial charge is 0.227 e. The first kappa shape index (κ1) is 16.8. The van der Waals surface area contributed by atoms with E-state index >= 15 is 0 Å². The summed E-state index contributed by atoms with van der Waals surface area (Å²) in [6.07, 6.45) is 8.73. The van der Waals surface area contributed by atoms with Gasteiger partial charge in [0, 0.05) is 21.8 Å². The lowest BCUT2D eigenvalue weighted by atomic mass is 9.97. The molecule has 0 aromatic heterocycles. The number of aryl methyl sites for hydroxylation is 1. The molecule has 0 radical (unpaired) electrons. The Morgan fingerprint density at radius 2 is 1.87 bits per heavy atom. The Morgan fingerprint density at radius 3 is 2.57 bits per heavy atom. The Kier molecular flexibility index (Phi) is 6.01. The molecule has 3 nitrogen and oxygen atoms in total. The Hall–Kier alpha value is -1.00. The van der Waals surface area contributed by atoms with E-state index in [4.69, 9.17) is 0 Å². The lowest BCUT2D eigenvalue weighted by Gasteiger charge is -2.23. The third-order valence-electron chi connectivity index (χ3n) is 5.02. The van der Waals surface area contributed by atoms with Crippen LogP contribution in [0.1, 0.15) is 50.5 Å². The molecule has 3 rings (SSSR count). The van der Waals surface area contributed by atoms with Gasteiger partial charge in [0.05, 0.1) is 0 Å². The predicted octanol–water partition coefficient (Wildman–Crippen LogP) is 4.36. The summed E-state index contributed by atoms with van der Waals surface area (Å²) in [5.41, 5.74) is 2.15. The van der Waals surface area contributed by atoms with Crippen molar-refractivity contribution in [3.05, 3.63) is 23.8 Å². The monoisotopic (exact) mass is 332 g/mol. The first-order chi connectivity index (χ1) is 11.2. The fourth-order valence-electron chi connectivity index (χ4n) is 3.54. The number of nitrogens with one attached hydrogen (secondary N) is 2. The van der Waals surface area contributed by atoms with Gasteiger partial charge in [-0.25, -0.2) is 0 Å². The van der Waals surface area contributed by atoms with Crippen molar-refractivity contribution in [3.63, 3.8) is 0 Å². The maximum atomic E-state index is 12.4. The normalized spacial score (nSPS) is 20.4. The molecule has 1 aliphatic carbocycles. The molecule has 4 heteroatoms. The maximum Gasteiger partial charge on any atom is 0.227 e. The molecule has 23 heavy (non-hydrogen) atoms. The molecule has 0 atom stereocenters. The highest BCUT2D eigenvalue weighted by Gasteiger charge is 2.21. The van der Waals surface area contributed by atoms with Crippen LogP contribution in [0.15, 0.2) is 23.1 Å². The van der Waals surface area contributed by atoms with Crippen LogP contribution >= 0.6 is 11.8 Å².